The highest BCUT2D eigenvalue weighted by atomic mass is 16.5. The van der Waals surface area contributed by atoms with E-state index in [1.165, 1.54) is 7.11 Å². The largest absolute Gasteiger partial charge is 0.464 e. The lowest BCUT2D eigenvalue weighted by atomic mass is 10.2. The van der Waals surface area contributed by atoms with Gasteiger partial charge in [-0.2, -0.15) is 5.10 Å². The molecule has 0 unspecified atom stereocenters. The Morgan fingerprint density at radius 2 is 2.14 bits per heavy atom. The van der Waals surface area contributed by atoms with E-state index in [-0.39, 0.29) is 5.97 Å². The molecule has 80 valence electrons. The number of aromatic nitrogens is 2. The van der Waals surface area contributed by atoms with Crippen LogP contribution in [0.15, 0.2) is 6.20 Å². The van der Waals surface area contributed by atoms with E-state index in [1.807, 2.05) is 27.0 Å². The van der Waals surface area contributed by atoms with Gasteiger partial charge in [0.2, 0.25) is 0 Å². The molecule has 1 heterocycles. The van der Waals surface area contributed by atoms with Crippen molar-refractivity contribution in [3.63, 3.8) is 0 Å². The molecule has 0 aliphatic heterocycles. The van der Waals surface area contributed by atoms with E-state index in [2.05, 4.69) is 9.84 Å². The summed E-state index contributed by atoms with van der Waals surface area (Å²) < 4.78 is 6.19. The molecule has 0 aliphatic carbocycles. The summed E-state index contributed by atoms with van der Waals surface area (Å²) in [4.78, 5) is 11.1. The maximum Gasteiger partial charge on any atom is 0.358 e. The molecule has 4 heteroatoms. The molecular formula is C10H18N2O2. The molecule has 0 fully saturated rings. The lowest BCUT2D eigenvalue weighted by Gasteiger charge is -1.95. The normalized spacial score (nSPS) is 8.93. The van der Waals surface area contributed by atoms with Crippen molar-refractivity contribution in [3.8, 4) is 0 Å². The fourth-order valence-corrected chi connectivity index (χ4v) is 1.06. The summed E-state index contributed by atoms with van der Waals surface area (Å²) >= 11 is 0. The van der Waals surface area contributed by atoms with Crippen LogP contribution in [0.2, 0.25) is 0 Å². The van der Waals surface area contributed by atoms with Crippen LogP contribution in [0.4, 0.5) is 0 Å². The van der Waals surface area contributed by atoms with Crippen LogP contribution in [0.25, 0.3) is 0 Å². The SMILES string of the molecule is CC.CCc1cn(C)nc1C(=O)OC. The zero-order valence-corrected chi connectivity index (χ0v) is 9.50. The van der Waals surface area contributed by atoms with Crippen LogP contribution < -0.4 is 0 Å². The Hall–Kier alpha value is -1.32. The van der Waals surface area contributed by atoms with Crippen LogP contribution >= 0.6 is 0 Å². The number of hydrogen-bond donors (Lipinski definition) is 0. The molecule has 0 saturated carbocycles. The van der Waals surface area contributed by atoms with Crippen molar-refractivity contribution in [2.75, 3.05) is 7.11 Å². The Morgan fingerprint density at radius 3 is 2.57 bits per heavy atom. The van der Waals surface area contributed by atoms with E-state index in [4.69, 9.17) is 0 Å². The summed E-state index contributed by atoms with van der Waals surface area (Å²) in [7, 11) is 3.14. The summed E-state index contributed by atoms with van der Waals surface area (Å²) in [6.45, 7) is 5.98. The second-order valence-corrected chi connectivity index (χ2v) is 2.52. The molecule has 0 spiro atoms. The van der Waals surface area contributed by atoms with Crippen molar-refractivity contribution >= 4 is 5.97 Å². The molecule has 1 aromatic heterocycles. The van der Waals surface area contributed by atoms with Crippen LogP contribution in [0, 0.1) is 0 Å². The number of nitrogens with zero attached hydrogens (tertiary/aromatic N) is 2. The molecule has 0 aliphatic rings. The third-order valence-electron chi connectivity index (χ3n) is 1.66. The number of esters is 1. The average Bonchev–Trinajstić information content (AvgIpc) is 2.61. The topological polar surface area (TPSA) is 44.1 Å². The van der Waals surface area contributed by atoms with E-state index < -0.39 is 0 Å². The van der Waals surface area contributed by atoms with Gasteiger partial charge in [-0.15, -0.1) is 0 Å². The van der Waals surface area contributed by atoms with Crippen molar-refractivity contribution in [1.29, 1.82) is 0 Å². The van der Waals surface area contributed by atoms with Gasteiger partial charge in [0.15, 0.2) is 5.69 Å². The molecule has 0 bridgehead atoms. The first-order chi connectivity index (χ1) is 6.69. The highest BCUT2D eigenvalue weighted by Gasteiger charge is 2.14. The van der Waals surface area contributed by atoms with E-state index in [0.717, 1.165) is 12.0 Å². The molecule has 0 radical (unpaired) electrons. The number of aryl methyl sites for hydroxylation is 2. The van der Waals surface area contributed by atoms with Gasteiger partial charge in [0.1, 0.15) is 0 Å². The highest BCUT2D eigenvalue weighted by molar-refractivity contribution is 5.88. The summed E-state index contributed by atoms with van der Waals surface area (Å²) in [5.41, 5.74) is 1.34. The van der Waals surface area contributed by atoms with Gasteiger partial charge in [0.25, 0.3) is 0 Å². The smallest absolute Gasteiger partial charge is 0.358 e. The first-order valence-corrected chi connectivity index (χ1v) is 4.79. The first-order valence-electron chi connectivity index (χ1n) is 4.79. The number of carbonyl (C=O) groups excluding carboxylic acids is 1. The van der Waals surface area contributed by atoms with Crippen LogP contribution in [0.5, 0.6) is 0 Å². The van der Waals surface area contributed by atoms with Crippen LogP contribution in [-0.4, -0.2) is 22.9 Å². The maximum absolute atomic E-state index is 11.1. The minimum Gasteiger partial charge on any atom is -0.464 e. The Labute approximate surface area is 84.9 Å². The van der Waals surface area contributed by atoms with E-state index in [9.17, 15) is 4.79 Å². The van der Waals surface area contributed by atoms with Crippen LogP contribution in [-0.2, 0) is 18.2 Å². The Bertz CT molecular complexity index is 292. The van der Waals surface area contributed by atoms with Crippen LogP contribution in [0.3, 0.4) is 0 Å². The summed E-state index contributed by atoms with van der Waals surface area (Å²) in [5, 5.41) is 3.99. The quantitative estimate of drug-likeness (QED) is 0.680. The fraction of sp³-hybridized carbons (Fsp3) is 0.600. The van der Waals surface area contributed by atoms with E-state index in [0.29, 0.717) is 5.69 Å². The van der Waals surface area contributed by atoms with Crippen molar-refractivity contribution < 1.29 is 9.53 Å². The number of ether oxygens (including phenoxy) is 1. The van der Waals surface area contributed by atoms with Gasteiger partial charge in [-0.25, -0.2) is 4.79 Å². The summed E-state index contributed by atoms with van der Waals surface area (Å²) in [6.07, 6.45) is 2.62. The predicted octanol–water partition coefficient (Wildman–Crippen LogP) is 1.80. The maximum atomic E-state index is 11.1. The van der Waals surface area contributed by atoms with Gasteiger partial charge in [0, 0.05) is 18.8 Å². The molecular weight excluding hydrogens is 180 g/mol. The molecule has 1 rings (SSSR count). The summed E-state index contributed by atoms with van der Waals surface area (Å²) in [6, 6.07) is 0. The molecule has 0 atom stereocenters. The minimum atomic E-state index is -0.368. The minimum absolute atomic E-state index is 0.368. The van der Waals surface area contributed by atoms with Crippen molar-refractivity contribution in [2.45, 2.75) is 27.2 Å². The molecule has 0 saturated heterocycles. The van der Waals surface area contributed by atoms with Crippen LogP contribution in [0.1, 0.15) is 36.8 Å². The lowest BCUT2D eigenvalue weighted by molar-refractivity contribution is 0.0592. The molecule has 0 N–H and O–H groups in total. The van der Waals surface area contributed by atoms with Gasteiger partial charge in [-0.1, -0.05) is 20.8 Å². The number of hydrogen-bond acceptors (Lipinski definition) is 3. The van der Waals surface area contributed by atoms with Gasteiger partial charge in [0.05, 0.1) is 7.11 Å². The third-order valence-corrected chi connectivity index (χ3v) is 1.66. The molecule has 0 aromatic carbocycles. The van der Waals surface area contributed by atoms with Crippen molar-refractivity contribution in [1.82, 2.24) is 9.78 Å². The fourth-order valence-electron chi connectivity index (χ4n) is 1.06. The summed E-state index contributed by atoms with van der Waals surface area (Å²) in [5.74, 6) is -0.368. The lowest BCUT2D eigenvalue weighted by Crippen LogP contribution is -2.05. The Balaban J connectivity index is 0.000000791. The second-order valence-electron chi connectivity index (χ2n) is 2.52. The van der Waals surface area contributed by atoms with Gasteiger partial charge >= 0.3 is 5.97 Å². The number of carbonyl (C=O) groups is 1. The Morgan fingerprint density at radius 1 is 1.57 bits per heavy atom. The first kappa shape index (κ1) is 12.7. The standard InChI is InChI=1S/C8H12N2O2.C2H6/c1-4-6-5-10(2)9-7(6)8(11)12-3;1-2/h5H,4H2,1-3H3;1-2H3. The highest BCUT2D eigenvalue weighted by Crippen LogP contribution is 2.07. The van der Waals surface area contributed by atoms with E-state index >= 15 is 0 Å². The monoisotopic (exact) mass is 198 g/mol. The number of rotatable bonds is 2. The third kappa shape index (κ3) is 2.87. The Kier molecular flexibility index (Phi) is 5.60. The zero-order chi connectivity index (χ0) is 11.1. The van der Waals surface area contributed by atoms with E-state index in [1.54, 1.807) is 11.7 Å². The number of methoxy groups -OCH3 is 1. The molecule has 1 aromatic rings. The van der Waals surface area contributed by atoms with Gasteiger partial charge in [-0.05, 0) is 6.42 Å². The second kappa shape index (κ2) is 6.18. The average molecular weight is 198 g/mol. The van der Waals surface area contributed by atoms with Crippen molar-refractivity contribution in [2.24, 2.45) is 7.05 Å². The molecule has 0 amide bonds. The van der Waals surface area contributed by atoms with Gasteiger partial charge < -0.3 is 4.74 Å². The van der Waals surface area contributed by atoms with Gasteiger partial charge in [-0.3, -0.25) is 4.68 Å². The zero-order valence-electron chi connectivity index (χ0n) is 9.50. The van der Waals surface area contributed by atoms with Crippen molar-refractivity contribution in [3.05, 3.63) is 17.5 Å². The predicted molar refractivity (Wildman–Crippen MR) is 55.3 cm³/mol. The molecule has 4 nitrogen and oxygen atoms in total. The molecule has 14 heavy (non-hydrogen) atoms.